The summed E-state index contributed by atoms with van der Waals surface area (Å²) in [6.07, 6.45) is 1.80. The number of Topliss-reactive ketones (excluding diaryl/α,β-unsaturated/α-hetero) is 1. The zero-order valence-electron chi connectivity index (χ0n) is 12.4. The number of hydrogen-bond donors (Lipinski definition) is 0. The van der Waals surface area contributed by atoms with Crippen molar-refractivity contribution in [1.82, 2.24) is 4.90 Å². The Labute approximate surface area is 130 Å². The maximum atomic E-state index is 11.5. The lowest BCUT2D eigenvalue weighted by atomic mass is 10.1. The fraction of sp³-hybridized carbons (Fsp3) is 0.312. The number of aryl methyl sites for hydroxylation is 1. The van der Waals surface area contributed by atoms with E-state index in [1.807, 2.05) is 44.0 Å². The second kappa shape index (κ2) is 7.55. The molecular weight excluding hydrogens is 290 g/mol. The Morgan fingerprint density at radius 2 is 2.15 bits per heavy atom. The van der Waals surface area contributed by atoms with Gasteiger partial charge >= 0.3 is 0 Å². The average molecular weight is 310 g/mol. The molecular formula is C16H20ClNOS. The van der Waals surface area contributed by atoms with Crippen LogP contribution in [0, 0.1) is 6.92 Å². The number of likely N-dealkylation sites (N-methyl/N-ethyl adjacent to an activating group) is 1. The molecule has 1 aromatic rings. The highest BCUT2D eigenvalue weighted by molar-refractivity contribution is 8.02. The fourth-order valence-corrected chi connectivity index (χ4v) is 3.22. The third-order valence-electron chi connectivity index (χ3n) is 3.11. The summed E-state index contributed by atoms with van der Waals surface area (Å²) in [5, 5.41) is 1.60. The van der Waals surface area contributed by atoms with Gasteiger partial charge < -0.3 is 4.90 Å². The van der Waals surface area contributed by atoms with Gasteiger partial charge in [-0.1, -0.05) is 36.4 Å². The van der Waals surface area contributed by atoms with E-state index < -0.39 is 0 Å². The number of halogens is 1. The van der Waals surface area contributed by atoms with E-state index in [4.69, 9.17) is 11.6 Å². The second-order valence-electron chi connectivity index (χ2n) is 4.51. The van der Waals surface area contributed by atoms with Crippen molar-refractivity contribution in [3.8, 4) is 0 Å². The zero-order chi connectivity index (χ0) is 15.3. The van der Waals surface area contributed by atoms with Crippen molar-refractivity contribution >= 4 is 29.1 Å². The van der Waals surface area contributed by atoms with Gasteiger partial charge in [0.1, 0.15) is 0 Å². The van der Waals surface area contributed by atoms with E-state index in [0.717, 1.165) is 21.4 Å². The van der Waals surface area contributed by atoms with Crippen LogP contribution in [0.2, 0.25) is 5.02 Å². The van der Waals surface area contributed by atoms with E-state index in [1.54, 1.807) is 24.8 Å². The monoisotopic (exact) mass is 309 g/mol. The summed E-state index contributed by atoms with van der Waals surface area (Å²) in [7, 11) is 1.85. The number of allylic oxidation sites excluding steroid dienone is 2. The van der Waals surface area contributed by atoms with Crippen LogP contribution in [0.3, 0.4) is 0 Å². The van der Waals surface area contributed by atoms with Crippen LogP contribution in [-0.2, 0) is 10.5 Å². The Bertz CT molecular complexity index is 531. The number of carbonyl (C=O) groups is 1. The molecule has 0 spiro atoms. The molecule has 20 heavy (non-hydrogen) atoms. The van der Waals surface area contributed by atoms with E-state index >= 15 is 0 Å². The lowest BCUT2D eigenvalue weighted by molar-refractivity contribution is -0.114. The molecule has 0 radical (unpaired) electrons. The van der Waals surface area contributed by atoms with Gasteiger partial charge in [0.15, 0.2) is 5.78 Å². The van der Waals surface area contributed by atoms with Crippen LogP contribution in [0.25, 0.3) is 0 Å². The second-order valence-corrected chi connectivity index (χ2v) is 5.96. The minimum atomic E-state index is 0.0330. The number of thioether (sulfide) groups is 1. The molecule has 0 atom stereocenters. The van der Waals surface area contributed by atoms with E-state index in [1.165, 1.54) is 5.56 Å². The molecule has 0 aromatic heterocycles. The largest absolute Gasteiger partial charge is 0.337 e. The summed E-state index contributed by atoms with van der Waals surface area (Å²) >= 11 is 7.79. The number of rotatable bonds is 6. The summed E-state index contributed by atoms with van der Waals surface area (Å²) in [5.74, 6) is 0.773. The molecule has 4 heteroatoms. The van der Waals surface area contributed by atoms with Gasteiger partial charge in [-0.2, -0.15) is 0 Å². The zero-order valence-corrected chi connectivity index (χ0v) is 13.9. The first-order valence-corrected chi connectivity index (χ1v) is 7.71. The van der Waals surface area contributed by atoms with Crippen LogP contribution in [0.5, 0.6) is 0 Å². The summed E-state index contributed by atoms with van der Waals surface area (Å²) < 4.78 is 0. The van der Waals surface area contributed by atoms with Gasteiger partial charge in [0.2, 0.25) is 0 Å². The molecule has 0 aliphatic heterocycles. The third kappa shape index (κ3) is 4.15. The van der Waals surface area contributed by atoms with Crippen LogP contribution < -0.4 is 0 Å². The predicted octanol–water partition coefficient (Wildman–Crippen LogP) is 4.78. The Morgan fingerprint density at radius 3 is 2.65 bits per heavy atom. The number of ketones is 1. The van der Waals surface area contributed by atoms with Crippen LogP contribution in [0.4, 0.5) is 0 Å². The van der Waals surface area contributed by atoms with Gasteiger partial charge in [0.25, 0.3) is 0 Å². The smallest absolute Gasteiger partial charge is 0.175 e. The summed E-state index contributed by atoms with van der Waals surface area (Å²) in [4.78, 5) is 13.3. The van der Waals surface area contributed by atoms with Gasteiger partial charge in [-0.25, -0.2) is 0 Å². The molecule has 1 rings (SSSR count). The van der Waals surface area contributed by atoms with Crippen LogP contribution >= 0.6 is 23.4 Å². The topological polar surface area (TPSA) is 20.3 Å². The van der Waals surface area contributed by atoms with Crippen LogP contribution in [0.15, 0.2) is 41.6 Å². The van der Waals surface area contributed by atoms with Crippen molar-refractivity contribution in [2.45, 2.75) is 26.5 Å². The van der Waals surface area contributed by atoms with Crippen molar-refractivity contribution in [1.29, 1.82) is 0 Å². The highest BCUT2D eigenvalue weighted by Crippen LogP contribution is 2.29. The fourth-order valence-electron chi connectivity index (χ4n) is 1.87. The molecule has 108 valence electrons. The Kier molecular flexibility index (Phi) is 6.37. The maximum absolute atomic E-state index is 11.5. The molecule has 0 saturated heterocycles. The van der Waals surface area contributed by atoms with Crippen molar-refractivity contribution in [2.75, 3.05) is 7.05 Å². The van der Waals surface area contributed by atoms with Crippen LogP contribution in [-0.4, -0.2) is 17.7 Å². The van der Waals surface area contributed by atoms with Crippen molar-refractivity contribution < 1.29 is 4.79 Å². The van der Waals surface area contributed by atoms with Crippen molar-refractivity contribution in [2.24, 2.45) is 0 Å². The minimum Gasteiger partial charge on any atom is -0.337 e. The van der Waals surface area contributed by atoms with Gasteiger partial charge in [0, 0.05) is 24.7 Å². The normalized spacial score (nSPS) is 11.3. The number of benzene rings is 1. The summed E-state index contributed by atoms with van der Waals surface area (Å²) in [5.41, 5.74) is 2.93. The van der Waals surface area contributed by atoms with Gasteiger partial charge in [-0.15, -0.1) is 11.8 Å². The Hall–Kier alpha value is -1.19. The minimum absolute atomic E-state index is 0.0330. The predicted molar refractivity (Wildman–Crippen MR) is 88.8 cm³/mol. The molecule has 0 bridgehead atoms. The quantitative estimate of drug-likeness (QED) is 0.705. The SMILES string of the molecule is C=C(SCc1c(C)cccc1Cl)N(C)/C(=C\C)C(C)=O. The number of carbonyl (C=O) groups excluding carboxylic acids is 1. The van der Waals surface area contributed by atoms with Crippen molar-refractivity contribution in [3.05, 3.63) is 57.7 Å². The number of nitrogens with zero attached hydrogens (tertiary/aromatic N) is 1. The molecule has 0 fully saturated rings. The molecule has 0 aliphatic rings. The first-order valence-electron chi connectivity index (χ1n) is 6.35. The average Bonchev–Trinajstić information content (AvgIpc) is 2.38. The Morgan fingerprint density at radius 1 is 1.50 bits per heavy atom. The summed E-state index contributed by atoms with van der Waals surface area (Å²) in [6.45, 7) is 9.48. The molecule has 0 heterocycles. The van der Waals surface area contributed by atoms with E-state index in [2.05, 4.69) is 6.58 Å². The lowest BCUT2D eigenvalue weighted by Crippen LogP contribution is -2.19. The van der Waals surface area contributed by atoms with E-state index in [0.29, 0.717) is 5.70 Å². The highest BCUT2D eigenvalue weighted by Gasteiger charge is 2.13. The lowest BCUT2D eigenvalue weighted by Gasteiger charge is -2.22. The first-order chi connectivity index (χ1) is 9.38. The van der Waals surface area contributed by atoms with E-state index in [-0.39, 0.29) is 5.78 Å². The van der Waals surface area contributed by atoms with Crippen molar-refractivity contribution in [3.63, 3.8) is 0 Å². The molecule has 1 aromatic carbocycles. The van der Waals surface area contributed by atoms with Crippen LogP contribution in [0.1, 0.15) is 25.0 Å². The molecule has 0 saturated carbocycles. The molecule has 2 nitrogen and oxygen atoms in total. The van der Waals surface area contributed by atoms with E-state index in [9.17, 15) is 4.79 Å². The molecule has 0 N–H and O–H groups in total. The molecule has 0 aliphatic carbocycles. The maximum Gasteiger partial charge on any atom is 0.175 e. The van der Waals surface area contributed by atoms with Gasteiger partial charge in [-0.05, 0) is 31.0 Å². The third-order valence-corrected chi connectivity index (χ3v) is 4.50. The Balaban J connectivity index is 2.75. The highest BCUT2D eigenvalue weighted by atomic mass is 35.5. The van der Waals surface area contributed by atoms with Gasteiger partial charge in [0.05, 0.1) is 10.7 Å². The molecule has 0 unspecified atom stereocenters. The number of hydrogen-bond acceptors (Lipinski definition) is 3. The standard InChI is InChI=1S/C16H20ClNOS/c1-6-16(12(3)19)18(5)13(4)20-10-14-11(2)8-7-9-15(14)17/h6-9H,4,10H2,1-3,5H3/b16-6-. The van der Waals surface area contributed by atoms with Gasteiger partial charge in [-0.3, -0.25) is 4.79 Å². The summed E-state index contributed by atoms with van der Waals surface area (Å²) in [6, 6.07) is 5.88. The molecule has 0 amide bonds. The first kappa shape index (κ1) is 16.9.